The first-order valence-corrected chi connectivity index (χ1v) is 7.93. The molecule has 0 bridgehead atoms. The molecule has 0 unspecified atom stereocenters. The molecule has 0 aliphatic heterocycles. The van der Waals surface area contributed by atoms with Gasteiger partial charge in [-0.2, -0.15) is 0 Å². The fraction of sp³-hybridized carbons (Fsp3) is 0.278. The third-order valence-electron chi connectivity index (χ3n) is 3.77. The van der Waals surface area contributed by atoms with E-state index in [2.05, 4.69) is 0 Å². The standard InChI is InChI=1S/C18H21ClN2O3/c1-4-5-12(20)11-7-6-10(8-13(11)21)16-17(19)14(23-2)9-15(24-3)18(16)22/h6-9,20,22H,4-5,21H2,1-3H3. The molecule has 5 nitrogen and oxygen atoms in total. The Labute approximate surface area is 146 Å². The number of nitrogens with two attached hydrogens (primary N) is 1. The van der Waals surface area contributed by atoms with Gasteiger partial charge in [-0.1, -0.05) is 37.1 Å². The van der Waals surface area contributed by atoms with Crippen molar-refractivity contribution in [2.45, 2.75) is 19.8 Å². The van der Waals surface area contributed by atoms with E-state index in [0.29, 0.717) is 40.3 Å². The summed E-state index contributed by atoms with van der Waals surface area (Å²) in [6, 6.07) is 6.76. The van der Waals surface area contributed by atoms with Crippen molar-refractivity contribution in [1.29, 1.82) is 5.41 Å². The molecule has 0 saturated carbocycles. The van der Waals surface area contributed by atoms with Crippen LogP contribution in [0.3, 0.4) is 0 Å². The highest BCUT2D eigenvalue weighted by molar-refractivity contribution is 6.35. The zero-order valence-electron chi connectivity index (χ0n) is 13.9. The van der Waals surface area contributed by atoms with Crippen LogP contribution in [-0.4, -0.2) is 25.0 Å². The van der Waals surface area contributed by atoms with E-state index in [1.165, 1.54) is 20.3 Å². The first-order chi connectivity index (χ1) is 11.4. The van der Waals surface area contributed by atoms with Gasteiger partial charge in [0.15, 0.2) is 11.5 Å². The Kier molecular flexibility index (Phi) is 5.57. The van der Waals surface area contributed by atoms with Crippen molar-refractivity contribution in [3.63, 3.8) is 0 Å². The van der Waals surface area contributed by atoms with Crippen LogP contribution in [0, 0.1) is 5.41 Å². The Hall–Kier alpha value is -2.40. The quantitative estimate of drug-likeness (QED) is 0.530. The van der Waals surface area contributed by atoms with Crippen molar-refractivity contribution in [2.24, 2.45) is 0 Å². The number of rotatable bonds is 6. The lowest BCUT2D eigenvalue weighted by Gasteiger charge is -2.16. The lowest BCUT2D eigenvalue weighted by atomic mass is 9.97. The van der Waals surface area contributed by atoms with Crippen molar-refractivity contribution in [3.05, 3.63) is 34.9 Å². The van der Waals surface area contributed by atoms with E-state index >= 15 is 0 Å². The van der Waals surface area contributed by atoms with Crippen molar-refractivity contribution in [2.75, 3.05) is 20.0 Å². The number of halogens is 1. The summed E-state index contributed by atoms with van der Waals surface area (Å²) in [5.41, 5.74) is 8.74. The number of phenols is 1. The second kappa shape index (κ2) is 7.45. The fourth-order valence-corrected chi connectivity index (χ4v) is 2.88. The van der Waals surface area contributed by atoms with Crippen molar-refractivity contribution in [3.8, 4) is 28.4 Å². The van der Waals surface area contributed by atoms with E-state index in [9.17, 15) is 5.11 Å². The van der Waals surface area contributed by atoms with E-state index in [-0.39, 0.29) is 16.5 Å². The Balaban J connectivity index is 2.60. The van der Waals surface area contributed by atoms with Crippen molar-refractivity contribution in [1.82, 2.24) is 0 Å². The number of nitrogens with one attached hydrogen (secondary N) is 1. The summed E-state index contributed by atoms with van der Waals surface area (Å²) < 4.78 is 10.4. The van der Waals surface area contributed by atoms with E-state index in [4.69, 9.17) is 32.2 Å². The van der Waals surface area contributed by atoms with Gasteiger partial charge < -0.3 is 25.7 Å². The molecule has 2 aromatic carbocycles. The Morgan fingerprint density at radius 2 is 1.88 bits per heavy atom. The largest absolute Gasteiger partial charge is 0.504 e. The van der Waals surface area contributed by atoms with Crippen LogP contribution in [-0.2, 0) is 0 Å². The lowest BCUT2D eigenvalue weighted by molar-refractivity contribution is 0.365. The number of hydrogen-bond acceptors (Lipinski definition) is 5. The third kappa shape index (κ3) is 3.26. The van der Waals surface area contributed by atoms with E-state index in [1.54, 1.807) is 18.2 Å². The monoisotopic (exact) mass is 348 g/mol. The number of hydrogen-bond donors (Lipinski definition) is 3. The van der Waals surface area contributed by atoms with Gasteiger partial charge in [-0.3, -0.25) is 0 Å². The van der Waals surface area contributed by atoms with Crippen LogP contribution in [0.25, 0.3) is 11.1 Å². The van der Waals surface area contributed by atoms with Crippen LogP contribution in [0.15, 0.2) is 24.3 Å². The third-order valence-corrected chi connectivity index (χ3v) is 4.15. The Morgan fingerprint density at radius 1 is 1.21 bits per heavy atom. The number of ether oxygens (including phenoxy) is 2. The number of benzene rings is 2. The highest BCUT2D eigenvalue weighted by Gasteiger charge is 2.20. The van der Waals surface area contributed by atoms with Crippen molar-refractivity contribution < 1.29 is 14.6 Å². The van der Waals surface area contributed by atoms with Gasteiger partial charge in [0.25, 0.3) is 0 Å². The van der Waals surface area contributed by atoms with Crippen molar-refractivity contribution >= 4 is 23.0 Å². The average molecular weight is 349 g/mol. The van der Waals surface area contributed by atoms with Gasteiger partial charge in [-0.25, -0.2) is 0 Å². The van der Waals surface area contributed by atoms with E-state index < -0.39 is 0 Å². The lowest BCUT2D eigenvalue weighted by Crippen LogP contribution is -2.03. The van der Waals surface area contributed by atoms with E-state index in [1.807, 2.05) is 6.92 Å². The van der Waals surface area contributed by atoms with Gasteiger partial charge in [-0.05, 0) is 18.1 Å². The Bertz CT molecular complexity index is 747. The summed E-state index contributed by atoms with van der Waals surface area (Å²) in [4.78, 5) is 0. The zero-order valence-corrected chi connectivity index (χ0v) is 14.7. The summed E-state index contributed by atoms with van der Waals surface area (Å²) in [6.45, 7) is 2.01. The molecule has 0 radical (unpaired) electrons. The number of methoxy groups -OCH3 is 2. The number of nitrogen functional groups attached to an aromatic ring is 1. The molecule has 0 amide bonds. The molecule has 0 fully saturated rings. The minimum atomic E-state index is -0.0842. The number of aromatic hydroxyl groups is 1. The van der Waals surface area contributed by atoms with Gasteiger partial charge in [0.05, 0.1) is 19.2 Å². The number of phenolic OH excluding ortho intramolecular Hbond substituents is 1. The minimum Gasteiger partial charge on any atom is -0.504 e. The van der Waals surface area contributed by atoms with Gasteiger partial charge >= 0.3 is 0 Å². The molecule has 24 heavy (non-hydrogen) atoms. The van der Waals surface area contributed by atoms with Crippen LogP contribution >= 0.6 is 11.6 Å². The zero-order chi connectivity index (χ0) is 17.9. The predicted molar refractivity (Wildman–Crippen MR) is 97.8 cm³/mol. The van der Waals surface area contributed by atoms with Crippen LogP contribution in [0.4, 0.5) is 5.69 Å². The fourth-order valence-electron chi connectivity index (χ4n) is 2.55. The summed E-state index contributed by atoms with van der Waals surface area (Å²) in [5, 5.41) is 18.8. The van der Waals surface area contributed by atoms with Gasteiger partial charge in [0.2, 0.25) is 0 Å². The van der Waals surface area contributed by atoms with Gasteiger partial charge in [0.1, 0.15) is 5.75 Å². The summed E-state index contributed by atoms with van der Waals surface area (Å²) in [5.74, 6) is 0.564. The molecule has 6 heteroatoms. The summed E-state index contributed by atoms with van der Waals surface area (Å²) >= 11 is 6.36. The normalized spacial score (nSPS) is 10.5. The van der Waals surface area contributed by atoms with Gasteiger partial charge in [-0.15, -0.1) is 0 Å². The molecular weight excluding hydrogens is 328 g/mol. The van der Waals surface area contributed by atoms with Gasteiger partial charge in [0, 0.05) is 28.6 Å². The molecule has 2 rings (SSSR count). The first-order valence-electron chi connectivity index (χ1n) is 7.55. The molecule has 0 spiro atoms. The first kappa shape index (κ1) is 17.9. The van der Waals surface area contributed by atoms with Crippen LogP contribution in [0.5, 0.6) is 17.2 Å². The van der Waals surface area contributed by atoms with Crippen LogP contribution in [0.2, 0.25) is 5.02 Å². The molecule has 4 N–H and O–H groups in total. The van der Waals surface area contributed by atoms with E-state index in [0.717, 1.165) is 6.42 Å². The highest BCUT2D eigenvalue weighted by Crippen LogP contribution is 2.47. The van der Waals surface area contributed by atoms with Crippen LogP contribution < -0.4 is 15.2 Å². The topological polar surface area (TPSA) is 88.6 Å². The molecule has 0 saturated heterocycles. The predicted octanol–water partition coefficient (Wildman–Crippen LogP) is 4.48. The molecule has 0 heterocycles. The SMILES string of the molecule is CCCC(=N)c1ccc(-c2c(O)c(OC)cc(OC)c2Cl)cc1N. The van der Waals surface area contributed by atoms with Crippen LogP contribution in [0.1, 0.15) is 25.3 Å². The summed E-state index contributed by atoms with van der Waals surface area (Å²) in [6.07, 6.45) is 1.53. The molecule has 2 aromatic rings. The minimum absolute atomic E-state index is 0.0842. The average Bonchev–Trinajstić information content (AvgIpc) is 2.55. The maximum absolute atomic E-state index is 10.4. The summed E-state index contributed by atoms with van der Waals surface area (Å²) in [7, 11) is 2.95. The molecular formula is C18H21ClN2O3. The second-order valence-electron chi connectivity index (χ2n) is 5.35. The Morgan fingerprint density at radius 3 is 2.42 bits per heavy atom. The smallest absolute Gasteiger partial charge is 0.167 e. The second-order valence-corrected chi connectivity index (χ2v) is 5.73. The maximum atomic E-state index is 10.4. The molecule has 0 aromatic heterocycles. The molecule has 0 aliphatic rings. The molecule has 0 atom stereocenters. The molecule has 0 aliphatic carbocycles. The highest BCUT2D eigenvalue weighted by atomic mass is 35.5. The maximum Gasteiger partial charge on any atom is 0.167 e. The molecule has 128 valence electrons. The number of anilines is 1.